The Morgan fingerprint density at radius 2 is 1.81 bits per heavy atom. The van der Waals surface area contributed by atoms with E-state index in [1.54, 1.807) is 29.9 Å². The molecule has 1 aromatic carbocycles. The molecule has 2 aromatic heterocycles. The molecule has 0 aliphatic carbocycles. The molecule has 4 nitrogen and oxygen atoms in total. The van der Waals surface area contributed by atoms with Crippen LogP contribution < -0.4 is 5.73 Å². The number of nitrogens with zero attached hydrogens (tertiary/aromatic N) is 3. The summed E-state index contributed by atoms with van der Waals surface area (Å²) in [5.41, 5.74) is 8.05. The molecule has 0 spiro atoms. The number of fused-ring (bicyclic) bond motifs is 1. The number of rotatable bonds is 2. The molecule has 2 N–H and O–H groups in total. The first-order valence-corrected chi connectivity index (χ1v) is 6.11. The highest BCUT2D eigenvalue weighted by Gasteiger charge is 2.15. The van der Waals surface area contributed by atoms with E-state index in [0.717, 1.165) is 6.07 Å². The second-order valence-electron chi connectivity index (χ2n) is 4.63. The van der Waals surface area contributed by atoms with Crippen molar-refractivity contribution in [3.8, 4) is 11.3 Å². The minimum atomic E-state index is -0.650. The normalized spacial score (nSPS) is 12.2. The predicted molar refractivity (Wildman–Crippen MR) is 78.2 cm³/mol. The molecule has 0 fully saturated rings. The van der Waals surface area contributed by atoms with Crippen LogP contribution in [0.2, 0.25) is 0 Å². The summed E-state index contributed by atoms with van der Waals surface area (Å²) < 4.78 is 28.3. The smallest absolute Gasteiger partial charge is 0.153 e. The summed E-state index contributed by atoms with van der Waals surface area (Å²) in [6.45, 7) is 1.79. The zero-order valence-electron chi connectivity index (χ0n) is 11.1. The molecule has 21 heavy (non-hydrogen) atoms. The van der Waals surface area contributed by atoms with Crippen LogP contribution in [-0.4, -0.2) is 14.6 Å². The highest BCUT2D eigenvalue weighted by molar-refractivity contribution is 5.85. The Balaban J connectivity index is 0.00000161. The number of hydrogen-bond acceptors (Lipinski definition) is 3. The van der Waals surface area contributed by atoms with Gasteiger partial charge in [0.1, 0.15) is 11.6 Å². The van der Waals surface area contributed by atoms with Gasteiger partial charge in [-0.3, -0.25) is 0 Å². The summed E-state index contributed by atoms with van der Waals surface area (Å²) in [4.78, 5) is 4.13. The van der Waals surface area contributed by atoms with E-state index >= 15 is 0 Å². The van der Waals surface area contributed by atoms with Gasteiger partial charge in [-0.2, -0.15) is 5.10 Å². The summed E-state index contributed by atoms with van der Waals surface area (Å²) in [7, 11) is 0. The molecule has 0 amide bonds. The molecular weight excluding hydrogens is 298 g/mol. The van der Waals surface area contributed by atoms with Crippen LogP contribution in [0.5, 0.6) is 0 Å². The van der Waals surface area contributed by atoms with Crippen molar-refractivity contribution in [3.63, 3.8) is 0 Å². The molecule has 3 aromatic rings. The fourth-order valence-corrected chi connectivity index (χ4v) is 2.13. The average molecular weight is 311 g/mol. The largest absolute Gasteiger partial charge is 0.324 e. The lowest BCUT2D eigenvalue weighted by Crippen LogP contribution is -2.10. The maximum absolute atomic E-state index is 13.4. The van der Waals surface area contributed by atoms with Crippen LogP contribution in [0.3, 0.4) is 0 Å². The summed E-state index contributed by atoms with van der Waals surface area (Å²) in [6.07, 6.45) is 3.27. The van der Waals surface area contributed by atoms with Gasteiger partial charge in [-0.25, -0.2) is 18.3 Å². The second-order valence-corrected chi connectivity index (χ2v) is 4.63. The minimum Gasteiger partial charge on any atom is -0.324 e. The van der Waals surface area contributed by atoms with Crippen molar-refractivity contribution in [1.82, 2.24) is 14.6 Å². The van der Waals surface area contributed by atoms with E-state index in [2.05, 4.69) is 10.1 Å². The van der Waals surface area contributed by atoms with Crippen LogP contribution in [-0.2, 0) is 0 Å². The van der Waals surface area contributed by atoms with Crippen molar-refractivity contribution in [2.75, 3.05) is 0 Å². The molecule has 0 saturated heterocycles. The van der Waals surface area contributed by atoms with Gasteiger partial charge in [0, 0.05) is 35.6 Å². The maximum Gasteiger partial charge on any atom is 0.153 e. The third kappa shape index (κ3) is 2.86. The first-order chi connectivity index (χ1) is 9.54. The molecule has 3 rings (SSSR count). The van der Waals surface area contributed by atoms with Crippen LogP contribution >= 0.6 is 12.4 Å². The summed E-state index contributed by atoms with van der Waals surface area (Å²) in [6, 6.07) is 4.74. The fraction of sp³-hybridized carbons (Fsp3) is 0.143. The van der Waals surface area contributed by atoms with Crippen LogP contribution in [0.25, 0.3) is 16.9 Å². The number of nitrogens with two attached hydrogens (primary N) is 1. The Bertz CT molecular complexity index is 765. The van der Waals surface area contributed by atoms with E-state index in [9.17, 15) is 8.78 Å². The maximum atomic E-state index is 13.4. The first-order valence-electron chi connectivity index (χ1n) is 6.11. The number of hydrogen-bond donors (Lipinski definition) is 1. The summed E-state index contributed by atoms with van der Waals surface area (Å²) in [5, 5.41) is 4.35. The SMILES string of the molecule is C[C@H](N)c1cc2nccn2nc1-c1cc(F)cc(F)c1.Cl. The number of aromatic nitrogens is 3. The predicted octanol–water partition coefficient (Wildman–Crippen LogP) is 3.12. The Morgan fingerprint density at radius 1 is 1.14 bits per heavy atom. The van der Waals surface area contributed by atoms with Crippen molar-refractivity contribution >= 4 is 18.1 Å². The lowest BCUT2D eigenvalue weighted by atomic mass is 10.0. The molecule has 0 radical (unpaired) electrons. The third-order valence-corrected chi connectivity index (χ3v) is 3.04. The third-order valence-electron chi connectivity index (χ3n) is 3.04. The number of imidazole rings is 1. The molecule has 0 unspecified atom stereocenters. The highest BCUT2D eigenvalue weighted by Crippen LogP contribution is 2.27. The van der Waals surface area contributed by atoms with E-state index in [1.165, 1.54) is 12.1 Å². The van der Waals surface area contributed by atoms with Gasteiger partial charge in [0.25, 0.3) is 0 Å². The molecule has 1 atom stereocenters. The van der Waals surface area contributed by atoms with Crippen LogP contribution in [0.15, 0.2) is 36.7 Å². The number of halogens is 3. The quantitative estimate of drug-likeness (QED) is 0.791. The molecule has 110 valence electrons. The van der Waals surface area contributed by atoms with Gasteiger partial charge in [0.05, 0.1) is 5.69 Å². The van der Waals surface area contributed by atoms with Crippen LogP contribution in [0.4, 0.5) is 8.78 Å². The van der Waals surface area contributed by atoms with E-state index in [0.29, 0.717) is 22.5 Å². The number of benzene rings is 1. The van der Waals surface area contributed by atoms with Gasteiger partial charge < -0.3 is 5.73 Å². The molecule has 0 aliphatic rings. The summed E-state index contributed by atoms with van der Waals surface area (Å²) >= 11 is 0. The fourth-order valence-electron chi connectivity index (χ4n) is 2.13. The Hall–Kier alpha value is -2.05. The monoisotopic (exact) mass is 310 g/mol. The Kier molecular flexibility index (Phi) is 4.20. The second kappa shape index (κ2) is 5.75. The zero-order valence-corrected chi connectivity index (χ0v) is 11.9. The summed E-state index contributed by atoms with van der Waals surface area (Å²) in [5.74, 6) is -1.30. The van der Waals surface area contributed by atoms with Gasteiger partial charge in [0.15, 0.2) is 5.65 Å². The van der Waals surface area contributed by atoms with Crippen molar-refractivity contribution < 1.29 is 8.78 Å². The van der Waals surface area contributed by atoms with Crippen molar-refractivity contribution in [2.24, 2.45) is 5.73 Å². The van der Waals surface area contributed by atoms with E-state index in [1.807, 2.05) is 0 Å². The Labute approximate surface area is 126 Å². The molecule has 0 aliphatic heterocycles. The van der Waals surface area contributed by atoms with Gasteiger partial charge in [-0.1, -0.05) is 0 Å². The van der Waals surface area contributed by atoms with Crippen molar-refractivity contribution in [2.45, 2.75) is 13.0 Å². The molecule has 2 heterocycles. The molecule has 0 bridgehead atoms. The Morgan fingerprint density at radius 3 is 2.43 bits per heavy atom. The lowest BCUT2D eigenvalue weighted by Gasteiger charge is -2.12. The molecular formula is C14H13ClF2N4. The van der Waals surface area contributed by atoms with Crippen LogP contribution in [0, 0.1) is 11.6 Å². The van der Waals surface area contributed by atoms with Crippen LogP contribution in [0.1, 0.15) is 18.5 Å². The molecule has 7 heteroatoms. The van der Waals surface area contributed by atoms with E-state index in [-0.39, 0.29) is 18.4 Å². The minimum absolute atomic E-state index is 0. The first kappa shape index (κ1) is 15.3. The van der Waals surface area contributed by atoms with Gasteiger partial charge in [-0.05, 0) is 25.1 Å². The zero-order chi connectivity index (χ0) is 14.3. The van der Waals surface area contributed by atoms with E-state index < -0.39 is 11.6 Å². The van der Waals surface area contributed by atoms with Gasteiger partial charge in [-0.15, -0.1) is 12.4 Å². The van der Waals surface area contributed by atoms with Gasteiger partial charge in [0.2, 0.25) is 0 Å². The van der Waals surface area contributed by atoms with Crippen molar-refractivity contribution in [3.05, 3.63) is 53.9 Å². The van der Waals surface area contributed by atoms with Crippen molar-refractivity contribution in [1.29, 1.82) is 0 Å². The van der Waals surface area contributed by atoms with Gasteiger partial charge >= 0.3 is 0 Å². The standard InChI is InChI=1S/C14H12F2N4.ClH/c1-8(17)12-7-13-18-2-3-20(13)19-14(12)9-4-10(15)6-11(16)5-9;/h2-8H,17H2,1H3;1H/t8-;/m0./s1. The highest BCUT2D eigenvalue weighted by atomic mass is 35.5. The average Bonchev–Trinajstić information content (AvgIpc) is 2.83. The topological polar surface area (TPSA) is 56.2 Å². The lowest BCUT2D eigenvalue weighted by molar-refractivity contribution is 0.584. The van der Waals surface area contributed by atoms with E-state index in [4.69, 9.17) is 5.73 Å². The molecule has 0 saturated carbocycles.